The van der Waals surface area contributed by atoms with E-state index in [-0.39, 0.29) is 12.5 Å². The van der Waals surface area contributed by atoms with Crippen LogP contribution in [0.15, 0.2) is 91.0 Å². The normalized spacial score (nSPS) is 13.2. The van der Waals surface area contributed by atoms with Gasteiger partial charge < -0.3 is 10.5 Å². The summed E-state index contributed by atoms with van der Waals surface area (Å²) in [6.45, 7) is -0.152. The second kappa shape index (κ2) is 10.2. The van der Waals surface area contributed by atoms with Crippen molar-refractivity contribution in [2.75, 3.05) is 6.61 Å². The third kappa shape index (κ3) is 5.00. The zero-order valence-corrected chi connectivity index (χ0v) is 22.0. The first-order valence-electron chi connectivity index (χ1n) is 12.5. The largest absolute Gasteiger partial charge is 0.484 e. The highest BCUT2D eigenvalue weighted by molar-refractivity contribution is 6.30. The first-order valence-corrected chi connectivity index (χ1v) is 13.3. The summed E-state index contributed by atoms with van der Waals surface area (Å²) in [6, 6.07) is 30.2. The number of hydrogen-bond acceptors (Lipinski definition) is 3. The topological polar surface area (TPSA) is 70.1 Å². The van der Waals surface area contributed by atoms with Crippen molar-refractivity contribution in [3.63, 3.8) is 0 Å². The molecule has 1 heterocycles. The fourth-order valence-electron chi connectivity index (χ4n) is 4.91. The molecule has 38 heavy (non-hydrogen) atoms. The van der Waals surface area contributed by atoms with Crippen molar-refractivity contribution < 1.29 is 9.53 Å². The number of amides is 1. The predicted molar refractivity (Wildman–Crippen MR) is 152 cm³/mol. The van der Waals surface area contributed by atoms with Gasteiger partial charge in [0.25, 0.3) is 5.91 Å². The molecule has 0 atom stereocenters. The summed E-state index contributed by atoms with van der Waals surface area (Å²) < 4.78 is 7.71. The van der Waals surface area contributed by atoms with E-state index in [4.69, 9.17) is 38.7 Å². The summed E-state index contributed by atoms with van der Waals surface area (Å²) >= 11 is 12.4. The van der Waals surface area contributed by atoms with Crippen LogP contribution in [0.2, 0.25) is 10.0 Å². The molecule has 2 N–H and O–H groups in total. The number of primary amides is 1. The molecule has 1 aliphatic carbocycles. The zero-order chi connectivity index (χ0) is 26.2. The van der Waals surface area contributed by atoms with Crippen LogP contribution in [-0.4, -0.2) is 22.1 Å². The molecule has 5 nitrogen and oxygen atoms in total. The van der Waals surface area contributed by atoms with Crippen LogP contribution in [0.5, 0.6) is 5.75 Å². The van der Waals surface area contributed by atoms with Crippen LogP contribution in [0.1, 0.15) is 47.2 Å². The molecule has 190 valence electrons. The molecule has 5 aromatic rings. The minimum absolute atomic E-state index is 0.00812. The number of fused-ring (bicyclic) bond motifs is 1. The van der Waals surface area contributed by atoms with Gasteiger partial charge in [0.05, 0.1) is 11.0 Å². The second-order valence-electron chi connectivity index (χ2n) is 9.61. The summed E-state index contributed by atoms with van der Waals surface area (Å²) in [4.78, 5) is 16.1. The van der Waals surface area contributed by atoms with Crippen LogP contribution in [0.4, 0.5) is 0 Å². The maximum absolute atomic E-state index is 11.1. The molecular weight excluding hydrogens is 517 g/mol. The van der Waals surface area contributed by atoms with Gasteiger partial charge in [0, 0.05) is 27.6 Å². The summed E-state index contributed by atoms with van der Waals surface area (Å²) in [5.74, 6) is 1.59. The van der Waals surface area contributed by atoms with E-state index >= 15 is 0 Å². The van der Waals surface area contributed by atoms with Gasteiger partial charge in [-0.2, -0.15) is 0 Å². The summed E-state index contributed by atoms with van der Waals surface area (Å²) in [7, 11) is 0. The molecular formula is C31H25Cl2N3O2. The molecule has 0 unspecified atom stereocenters. The Morgan fingerprint density at radius 2 is 1.45 bits per heavy atom. The lowest BCUT2D eigenvalue weighted by molar-refractivity contribution is -0.119. The van der Waals surface area contributed by atoms with Gasteiger partial charge >= 0.3 is 0 Å². The number of imidazole rings is 1. The lowest BCUT2D eigenvalue weighted by atomic mass is 9.85. The molecule has 0 saturated heterocycles. The molecule has 1 amide bonds. The predicted octanol–water partition coefficient (Wildman–Crippen LogP) is 7.25. The summed E-state index contributed by atoms with van der Waals surface area (Å²) in [6.07, 6.45) is 2.27. The molecule has 0 aliphatic heterocycles. The highest BCUT2D eigenvalue weighted by Crippen LogP contribution is 2.43. The number of benzene rings is 4. The van der Waals surface area contributed by atoms with E-state index in [9.17, 15) is 4.79 Å². The van der Waals surface area contributed by atoms with Crippen LogP contribution in [-0.2, 0) is 4.79 Å². The van der Waals surface area contributed by atoms with Crippen LogP contribution >= 0.6 is 23.2 Å². The number of rotatable bonds is 8. The van der Waals surface area contributed by atoms with Gasteiger partial charge in [0.1, 0.15) is 11.6 Å². The van der Waals surface area contributed by atoms with Gasteiger partial charge in [-0.25, -0.2) is 4.98 Å². The number of ether oxygens (including phenoxy) is 1. The number of nitrogens with two attached hydrogens (primary N) is 1. The monoisotopic (exact) mass is 541 g/mol. The molecule has 1 saturated carbocycles. The van der Waals surface area contributed by atoms with Crippen LogP contribution < -0.4 is 10.5 Å². The number of halogens is 2. The average Bonchev–Trinajstić information content (AvgIpc) is 3.70. The average molecular weight is 542 g/mol. The third-order valence-electron chi connectivity index (χ3n) is 6.86. The quantitative estimate of drug-likeness (QED) is 0.210. The summed E-state index contributed by atoms with van der Waals surface area (Å²) in [5, 5.41) is 1.41. The van der Waals surface area contributed by atoms with E-state index in [0.717, 1.165) is 52.1 Å². The van der Waals surface area contributed by atoms with Gasteiger partial charge in [-0.1, -0.05) is 53.5 Å². The van der Waals surface area contributed by atoms with Crippen LogP contribution in [0, 0.1) is 0 Å². The fraction of sp³-hybridized carbons (Fsp3) is 0.161. The Morgan fingerprint density at radius 1 is 0.868 bits per heavy atom. The van der Waals surface area contributed by atoms with Gasteiger partial charge in [-0.3, -0.25) is 9.36 Å². The lowest BCUT2D eigenvalue weighted by Crippen LogP contribution is -2.19. The van der Waals surface area contributed by atoms with E-state index in [1.165, 1.54) is 0 Å². The number of carbonyl (C=O) groups is 1. The maximum Gasteiger partial charge on any atom is 0.255 e. The van der Waals surface area contributed by atoms with E-state index in [0.29, 0.717) is 21.7 Å². The van der Waals surface area contributed by atoms with Crippen LogP contribution in [0.25, 0.3) is 16.7 Å². The molecule has 6 rings (SSSR count). The van der Waals surface area contributed by atoms with Gasteiger partial charge in [0.2, 0.25) is 0 Å². The molecule has 7 heteroatoms. The van der Waals surface area contributed by atoms with Crippen LogP contribution in [0.3, 0.4) is 0 Å². The standard InChI is InChI=1S/C31H25Cl2N3O2/c32-23-8-3-19(4-9-23)30(20-5-10-24(33)11-6-20)22-7-16-27-28(17-22)36(31(35-27)21-1-2-21)25-12-14-26(15-13-25)38-18-29(34)37/h3-17,21,30H,1-2,18H2,(H2,34,37). The smallest absolute Gasteiger partial charge is 0.255 e. The number of carbonyl (C=O) groups excluding carboxylic acids is 1. The van der Waals surface area contributed by atoms with Gasteiger partial charge in [-0.05, 0) is 90.2 Å². The SMILES string of the molecule is NC(=O)COc1ccc(-n2c(C3CC3)nc3ccc(C(c4ccc(Cl)cc4)c4ccc(Cl)cc4)cc32)cc1. The Kier molecular flexibility index (Phi) is 6.56. The fourth-order valence-corrected chi connectivity index (χ4v) is 5.16. The minimum Gasteiger partial charge on any atom is -0.484 e. The second-order valence-corrected chi connectivity index (χ2v) is 10.5. The highest BCUT2D eigenvalue weighted by atomic mass is 35.5. The summed E-state index contributed by atoms with van der Waals surface area (Å²) in [5.41, 5.74) is 11.6. The van der Waals surface area contributed by atoms with Crippen molar-refractivity contribution in [1.82, 2.24) is 9.55 Å². The third-order valence-corrected chi connectivity index (χ3v) is 7.37. The molecule has 0 spiro atoms. The molecule has 1 aliphatic rings. The first kappa shape index (κ1) is 24.5. The Morgan fingerprint density at radius 3 is 2.00 bits per heavy atom. The highest BCUT2D eigenvalue weighted by Gasteiger charge is 2.30. The number of nitrogens with zero attached hydrogens (tertiary/aromatic N) is 2. The van der Waals surface area contributed by atoms with Gasteiger partial charge in [0.15, 0.2) is 6.61 Å². The van der Waals surface area contributed by atoms with E-state index in [2.05, 4.69) is 47.0 Å². The van der Waals surface area contributed by atoms with Crippen molar-refractivity contribution in [3.8, 4) is 11.4 Å². The maximum atomic E-state index is 11.1. The Hall–Kier alpha value is -3.80. The molecule has 1 fully saturated rings. The Balaban J connectivity index is 1.47. The van der Waals surface area contributed by atoms with Gasteiger partial charge in [-0.15, -0.1) is 0 Å². The Bertz CT molecular complexity index is 1560. The van der Waals surface area contributed by atoms with E-state index in [1.807, 2.05) is 48.5 Å². The van der Waals surface area contributed by atoms with Crippen molar-refractivity contribution in [2.45, 2.75) is 24.7 Å². The van der Waals surface area contributed by atoms with Crippen molar-refractivity contribution >= 4 is 40.1 Å². The van der Waals surface area contributed by atoms with Crippen molar-refractivity contribution in [1.29, 1.82) is 0 Å². The minimum atomic E-state index is -0.505. The van der Waals surface area contributed by atoms with Crippen molar-refractivity contribution in [3.05, 3.63) is 124 Å². The number of aromatic nitrogens is 2. The Labute approximate surface area is 230 Å². The lowest BCUT2D eigenvalue weighted by Gasteiger charge is -2.20. The van der Waals surface area contributed by atoms with E-state index in [1.54, 1.807) is 0 Å². The van der Waals surface area contributed by atoms with E-state index < -0.39 is 5.91 Å². The molecule has 0 bridgehead atoms. The molecule has 0 radical (unpaired) electrons. The number of hydrogen-bond donors (Lipinski definition) is 1. The first-order chi connectivity index (χ1) is 18.5. The zero-order valence-electron chi connectivity index (χ0n) is 20.5. The molecule has 4 aromatic carbocycles. The molecule has 1 aromatic heterocycles. The van der Waals surface area contributed by atoms with Crippen molar-refractivity contribution in [2.24, 2.45) is 5.73 Å².